The summed E-state index contributed by atoms with van der Waals surface area (Å²) in [5, 5.41) is 0. The molecule has 1 heterocycles. The Morgan fingerprint density at radius 3 is 2.56 bits per heavy atom. The molecule has 1 aromatic rings. The van der Waals surface area contributed by atoms with E-state index in [1.54, 1.807) is 6.07 Å². The fraction of sp³-hybridized carbons (Fsp3) is 0.500. The molecule has 0 radical (unpaired) electrons. The van der Waals surface area contributed by atoms with Gasteiger partial charge in [0.25, 0.3) is 0 Å². The quantitative estimate of drug-likeness (QED) is 0.764. The van der Waals surface area contributed by atoms with Gasteiger partial charge in [-0.3, -0.25) is 4.90 Å². The molecule has 2 rings (SSSR count). The second-order valence-electron chi connectivity index (χ2n) is 4.44. The lowest BCUT2D eigenvalue weighted by Crippen LogP contribution is -2.43. The van der Waals surface area contributed by atoms with Crippen LogP contribution in [0.5, 0.6) is 0 Å². The van der Waals surface area contributed by atoms with Crippen molar-refractivity contribution in [1.29, 1.82) is 0 Å². The molecule has 1 aliphatic heterocycles. The molecule has 1 aromatic carbocycles. The van der Waals surface area contributed by atoms with Gasteiger partial charge >= 0.3 is 0 Å². The van der Waals surface area contributed by atoms with Crippen molar-refractivity contribution in [1.82, 2.24) is 9.80 Å². The fourth-order valence-corrected chi connectivity index (χ4v) is 1.93. The average Bonchev–Trinajstić information content (AvgIpc) is 2.27. The number of hydrogen-bond donors (Lipinski definition) is 1. The van der Waals surface area contributed by atoms with Gasteiger partial charge in [0, 0.05) is 32.7 Å². The van der Waals surface area contributed by atoms with Crippen LogP contribution in [-0.4, -0.2) is 43.0 Å². The van der Waals surface area contributed by atoms with Crippen molar-refractivity contribution < 1.29 is 4.39 Å². The van der Waals surface area contributed by atoms with Crippen LogP contribution in [0.1, 0.15) is 5.56 Å². The van der Waals surface area contributed by atoms with Gasteiger partial charge in [0.1, 0.15) is 5.82 Å². The van der Waals surface area contributed by atoms with Gasteiger partial charge in [0.2, 0.25) is 0 Å². The van der Waals surface area contributed by atoms with Crippen molar-refractivity contribution in [2.24, 2.45) is 0 Å². The van der Waals surface area contributed by atoms with Crippen LogP contribution in [0.3, 0.4) is 0 Å². The maximum absolute atomic E-state index is 13.2. The highest BCUT2D eigenvalue weighted by Crippen LogP contribution is 2.14. The molecule has 88 valence electrons. The van der Waals surface area contributed by atoms with E-state index in [1.165, 1.54) is 6.07 Å². The number of piperazine rings is 1. The Labute approximate surface area is 95.6 Å². The Morgan fingerprint density at radius 1 is 1.25 bits per heavy atom. The van der Waals surface area contributed by atoms with Gasteiger partial charge in [0.05, 0.1) is 5.69 Å². The van der Waals surface area contributed by atoms with Gasteiger partial charge in [-0.15, -0.1) is 0 Å². The summed E-state index contributed by atoms with van der Waals surface area (Å²) in [6, 6.07) is 5.07. The molecule has 0 unspecified atom stereocenters. The molecule has 0 saturated carbocycles. The van der Waals surface area contributed by atoms with E-state index < -0.39 is 0 Å². The van der Waals surface area contributed by atoms with Crippen LogP contribution < -0.4 is 5.73 Å². The number of nitrogens with zero attached hydrogens (tertiary/aromatic N) is 2. The SMILES string of the molecule is CN1CCN(Cc2ccc(N)c(F)c2)CC1. The minimum absolute atomic E-state index is 0.224. The zero-order valence-corrected chi connectivity index (χ0v) is 9.62. The largest absolute Gasteiger partial charge is 0.396 e. The highest BCUT2D eigenvalue weighted by atomic mass is 19.1. The zero-order valence-electron chi connectivity index (χ0n) is 9.62. The molecule has 2 N–H and O–H groups in total. The summed E-state index contributed by atoms with van der Waals surface area (Å²) >= 11 is 0. The molecule has 4 heteroatoms. The second kappa shape index (κ2) is 4.80. The van der Waals surface area contributed by atoms with Crippen molar-refractivity contribution in [2.45, 2.75) is 6.54 Å². The molecule has 0 aromatic heterocycles. The van der Waals surface area contributed by atoms with E-state index in [0.29, 0.717) is 0 Å². The number of anilines is 1. The van der Waals surface area contributed by atoms with Gasteiger partial charge in [-0.1, -0.05) is 6.07 Å². The van der Waals surface area contributed by atoms with Gasteiger partial charge in [-0.05, 0) is 24.7 Å². The number of nitrogen functional groups attached to an aromatic ring is 1. The third-order valence-electron chi connectivity index (χ3n) is 3.07. The van der Waals surface area contributed by atoms with Crippen LogP contribution >= 0.6 is 0 Å². The Bertz CT molecular complexity index is 359. The minimum atomic E-state index is -0.313. The molecule has 0 atom stereocenters. The number of benzene rings is 1. The van der Waals surface area contributed by atoms with E-state index in [9.17, 15) is 4.39 Å². The summed E-state index contributed by atoms with van der Waals surface area (Å²) in [5.74, 6) is -0.313. The molecule has 0 spiro atoms. The molecule has 0 bridgehead atoms. The van der Waals surface area contributed by atoms with E-state index in [-0.39, 0.29) is 11.5 Å². The van der Waals surface area contributed by atoms with Crippen molar-refractivity contribution in [3.63, 3.8) is 0 Å². The Hall–Kier alpha value is -1.13. The van der Waals surface area contributed by atoms with Gasteiger partial charge in [-0.25, -0.2) is 4.39 Å². The van der Waals surface area contributed by atoms with E-state index in [1.807, 2.05) is 6.07 Å². The van der Waals surface area contributed by atoms with E-state index in [4.69, 9.17) is 5.73 Å². The maximum Gasteiger partial charge on any atom is 0.146 e. The summed E-state index contributed by atoms with van der Waals surface area (Å²) in [6.07, 6.45) is 0. The Kier molecular flexibility index (Phi) is 3.41. The average molecular weight is 223 g/mol. The topological polar surface area (TPSA) is 32.5 Å². The van der Waals surface area contributed by atoms with Crippen LogP contribution in [0.25, 0.3) is 0 Å². The molecule has 16 heavy (non-hydrogen) atoms. The lowest BCUT2D eigenvalue weighted by Gasteiger charge is -2.32. The van der Waals surface area contributed by atoms with Crippen LogP contribution in [0.15, 0.2) is 18.2 Å². The number of rotatable bonds is 2. The molecule has 1 fully saturated rings. The van der Waals surface area contributed by atoms with Crippen molar-refractivity contribution in [3.05, 3.63) is 29.6 Å². The molecular formula is C12H18FN3. The Balaban J connectivity index is 1.96. The first-order valence-corrected chi connectivity index (χ1v) is 5.60. The van der Waals surface area contributed by atoms with E-state index >= 15 is 0 Å². The van der Waals surface area contributed by atoms with Crippen molar-refractivity contribution >= 4 is 5.69 Å². The maximum atomic E-state index is 13.2. The zero-order chi connectivity index (χ0) is 11.5. The minimum Gasteiger partial charge on any atom is -0.396 e. The van der Waals surface area contributed by atoms with E-state index in [0.717, 1.165) is 38.3 Å². The monoisotopic (exact) mass is 223 g/mol. The molecule has 0 aliphatic carbocycles. The number of hydrogen-bond acceptors (Lipinski definition) is 3. The third-order valence-corrected chi connectivity index (χ3v) is 3.07. The second-order valence-corrected chi connectivity index (χ2v) is 4.44. The van der Waals surface area contributed by atoms with Crippen molar-refractivity contribution in [2.75, 3.05) is 39.0 Å². The predicted octanol–water partition coefficient (Wildman–Crippen LogP) is 1.16. The summed E-state index contributed by atoms with van der Waals surface area (Å²) in [5.41, 5.74) is 6.67. The first-order valence-electron chi connectivity index (χ1n) is 5.60. The van der Waals surface area contributed by atoms with Crippen molar-refractivity contribution in [3.8, 4) is 0 Å². The van der Waals surface area contributed by atoms with Crippen LogP contribution in [0.4, 0.5) is 10.1 Å². The lowest BCUT2D eigenvalue weighted by molar-refractivity contribution is 0.148. The standard InChI is InChI=1S/C12H18FN3/c1-15-4-6-16(7-5-15)9-10-2-3-12(14)11(13)8-10/h2-3,8H,4-7,9,14H2,1H3. The highest BCUT2D eigenvalue weighted by Gasteiger charge is 2.14. The first kappa shape index (κ1) is 11.4. The van der Waals surface area contributed by atoms with Gasteiger partial charge in [0.15, 0.2) is 0 Å². The normalized spacial score (nSPS) is 18.9. The summed E-state index contributed by atoms with van der Waals surface area (Å²) in [4.78, 5) is 4.64. The summed E-state index contributed by atoms with van der Waals surface area (Å²) < 4.78 is 13.2. The van der Waals surface area contributed by atoms with Crippen LogP contribution in [-0.2, 0) is 6.54 Å². The van der Waals surface area contributed by atoms with E-state index in [2.05, 4.69) is 16.8 Å². The summed E-state index contributed by atoms with van der Waals surface area (Å²) in [6.45, 7) is 5.06. The summed E-state index contributed by atoms with van der Waals surface area (Å²) in [7, 11) is 2.13. The molecule has 3 nitrogen and oxygen atoms in total. The fourth-order valence-electron chi connectivity index (χ4n) is 1.93. The molecule has 0 amide bonds. The molecule has 1 aliphatic rings. The highest BCUT2D eigenvalue weighted by molar-refractivity contribution is 5.41. The lowest BCUT2D eigenvalue weighted by atomic mass is 10.1. The number of likely N-dealkylation sites (N-methyl/N-ethyl adjacent to an activating group) is 1. The molecule has 1 saturated heterocycles. The number of halogens is 1. The molecular weight excluding hydrogens is 205 g/mol. The first-order chi connectivity index (χ1) is 7.65. The smallest absolute Gasteiger partial charge is 0.146 e. The third kappa shape index (κ3) is 2.71. The Morgan fingerprint density at radius 2 is 1.94 bits per heavy atom. The van der Waals surface area contributed by atoms with Gasteiger partial charge < -0.3 is 10.6 Å². The van der Waals surface area contributed by atoms with Gasteiger partial charge in [-0.2, -0.15) is 0 Å². The van der Waals surface area contributed by atoms with Crippen LogP contribution in [0.2, 0.25) is 0 Å². The predicted molar refractivity (Wildman–Crippen MR) is 63.6 cm³/mol. The van der Waals surface area contributed by atoms with Crippen LogP contribution in [0, 0.1) is 5.82 Å². The number of nitrogens with two attached hydrogens (primary N) is 1.